The fraction of sp³-hybridized carbons (Fsp3) is 0.615. The molecule has 2 aromatic rings. The van der Waals surface area contributed by atoms with Gasteiger partial charge in [-0.1, -0.05) is 0 Å². The number of nitrogens with zero attached hydrogens (tertiary/aromatic N) is 4. The molecule has 2 fully saturated rings. The fourth-order valence-electron chi connectivity index (χ4n) is 3.39. The van der Waals surface area contributed by atoms with Gasteiger partial charge in [-0.15, -0.1) is 0 Å². The van der Waals surface area contributed by atoms with Crippen molar-refractivity contribution in [3.8, 4) is 0 Å². The van der Waals surface area contributed by atoms with Crippen molar-refractivity contribution in [2.75, 3.05) is 19.5 Å². The summed E-state index contributed by atoms with van der Waals surface area (Å²) >= 11 is 0. The normalized spacial score (nSPS) is 34.4. The first-order chi connectivity index (χ1) is 10.7. The Bertz CT molecular complexity index is 692. The Morgan fingerprint density at radius 1 is 1.36 bits per heavy atom. The number of imidazole rings is 1. The van der Waals surface area contributed by atoms with Gasteiger partial charge >= 0.3 is 0 Å². The molecular weight excluding hydrogens is 290 g/mol. The summed E-state index contributed by atoms with van der Waals surface area (Å²) in [6.45, 7) is -0.678. The number of fused-ring (bicyclic) bond motifs is 2. The van der Waals surface area contributed by atoms with Gasteiger partial charge in [-0.2, -0.15) is 0 Å². The standard InChI is InChI=1S/C13H17N5O4/c1-20-13-21-9-6(3-19)2-7(10(9)22-13)18-5-17-8-11(14)15-4-16-12(8)18/h4-7,9-10,13,19H,2-3H2,1H3,(H2,14,15,16)/t6-,7-,9+,10?,13?/m1/s1. The molecule has 1 saturated carbocycles. The van der Waals surface area contributed by atoms with Crippen LogP contribution in [0.2, 0.25) is 0 Å². The molecule has 2 unspecified atom stereocenters. The topological polar surface area (TPSA) is 118 Å². The quantitative estimate of drug-likeness (QED) is 0.792. The first-order valence-electron chi connectivity index (χ1n) is 7.10. The molecule has 22 heavy (non-hydrogen) atoms. The number of aliphatic hydroxyl groups excluding tert-OH is 1. The van der Waals surface area contributed by atoms with Crippen LogP contribution in [0.1, 0.15) is 12.5 Å². The zero-order valence-corrected chi connectivity index (χ0v) is 12.0. The highest BCUT2D eigenvalue weighted by Gasteiger charge is 2.52. The summed E-state index contributed by atoms with van der Waals surface area (Å²) in [5.41, 5.74) is 7.04. The largest absolute Gasteiger partial charge is 0.396 e. The summed E-state index contributed by atoms with van der Waals surface area (Å²) in [5, 5.41) is 9.60. The molecule has 9 nitrogen and oxygen atoms in total. The lowest BCUT2D eigenvalue weighted by atomic mass is 10.1. The lowest BCUT2D eigenvalue weighted by Gasteiger charge is -2.19. The molecule has 1 aliphatic carbocycles. The third kappa shape index (κ3) is 1.90. The Morgan fingerprint density at radius 2 is 2.18 bits per heavy atom. The number of aromatic nitrogens is 4. The number of methoxy groups -OCH3 is 1. The molecule has 2 aliphatic rings. The monoisotopic (exact) mass is 307 g/mol. The lowest BCUT2D eigenvalue weighted by Crippen LogP contribution is -2.27. The summed E-state index contributed by atoms with van der Waals surface area (Å²) in [4.78, 5) is 12.5. The highest BCUT2D eigenvalue weighted by atomic mass is 16.9. The zero-order valence-electron chi connectivity index (χ0n) is 12.0. The van der Waals surface area contributed by atoms with E-state index in [1.807, 2.05) is 4.57 Å². The SMILES string of the molecule is COC1OC2[C@@H](O1)[C@@H](CO)C[C@H]2n1cnc2c(N)ncnc21. The van der Waals surface area contributed by atoms with Gasteiger partial charge in [0.2, 0.25) is 0 Å². The minimum Gasteiger partial charge on any atom is -0.396 e. The smallest absolute Gasteiger partial charge is 0.272 e. The van der Waals surface area contributed by atoms with Crippen molar-refractivity contribution in [1.82, 2.24) is 19.5 Å². The number of aliphatic hydroxyl groups is 1. The maximum absolute atomic E-state index is 9.60. The lowest BCUT2D eigenvalue weighted by molar-refractivity contribution is -0.237. The third-order valence-electron chi connectivity index (χ3n) is 4.42. The van der Waals surface area contributed by atoms with Crippen molar-refractivity contribution in [1.29, 1.82) is 0 Å². The fourth-order valence-corrected chi connectivity index (χ4v) is 3.39. The molecule has 0 spiro atoms. The molecule has 2 aromatic heterocycles. The number of hydrogen-bond acceptors (Lipinski definition) is 8. The molecule has 9 heteroatoms. The highest BCUT2D eigenvalue weighted by molar-refractivity contribution is 5.81. The number of rotatable bonds is 3. The molecule has 4 rings (SSSR count). The van der Waals surface area contributed by atoms with Crippen LogP contribution in [0.5, 0.6) is 0 Å². The first-order valence-corrected chi connectivity index (χ1v) is 7.10. The second kappa shape index (κ2) is 5.13. The van der Waals surface area contributed by atoms with Crippen LogP contribution in [0.4, 0.5) is 5.82 Å². The van der Waals surface area contributed by atoms with E-state index in [4.69, 9.17) is 19.9 Å². The van der Waals surface area contributed by atoms with Crippen LogP contribution in [0, 0.1) is 5.92 Å². The number of nitrogens with two attached hydrogens (primary N) is 1. The van der Waals surface area contributed by atoms with Crippen LogP contribution in [-0.2, 0) is 14.2 Å². The Morgan fingerprint density at radius 3 is 2.95 bits per heavy atom. The summed E-state index contributed by atoms with van der Waals surface area (Å²) in [6, 6.07) is -0.0541. The van der Waals surface area contributed by atoms with Crippen molar-refractivity contribution in [3.05, 3.63) is 12.7 Å². The van der Waals surface area contributed by atoms with Gasteiger partial charge in [-0.3, -0.25) is 0 Å². The summed E-state index contributed by atoms with van der Waals surface area (Å²) in [7, 11) is 1.52. The number of anilines is 1. The number of nitrogen functional groups attached to an aromatic ring is 1. The predicted octanol–water partition coefficient (Wildman–Crippen LogP) is -0.324. The van der Waals surface area contributed by atoms with Gasteiger partial charge in [0, 0.05) is 19.6 Å². The van der Waals surface area contributed by atoms with Gasteiger partial charge in [0.25, 0.3) is 6.48 Å². The van der Waals surface area contributed by atoms with Gasteiger partial charge in [0.1, 0.15) is 17.9 Å². The molecule has 0 radical (unpaired) electrons. The number of ether oxygens (including phenoxy) is 3. The van der Waals surface area contributed by atoms with Crippen molar-refractivity contribution in [2.24, 2.45) is 5.92 Å². The van der Waals surface area contributed by atoms with E-state index < -0.39 is 6.48 Å². The average molecular weight is 307 g/mol. The van der Waals surface area contributed by atoms with Crippen LogP contribution < -0.4 is 5.73 Å². The van der Waals surface area contributed by atoms with Crippen molar-refractivity contribution in [2.45, 2.75) is 31.1 Å². The van der Waals surface area contributed by atoms with Crippen LogP contribution >= 0.6 is 0 Å². The van der Waals surface area contributed by atoms with E-state index in [-0.39, 0.29) is 30.8 Å². The van der Waals surface area contributed by atoms with Crippen molar-refractivity contribution >= 4 is 17.0 Å². The molecule has 1 saturated heterocycles. The molecular formula is C13H17N5O4. The maximum Gasteiger partial charge on any atom is 0.272 e. The van der Waals surface area contributed by atoms with Crippen LogP contribution in [-0.4, -0.2) is 57.0 Å². The summed E-state index contributed by atoms with van der Waals surface area (Å²) in [6.07, 6.45) is 3.36. The third-order valence-corrected chi connectivity index (χ3v) is 4.42. The minimum atomic E-state index is -0.707. The zero-order chi connectivity index (χ0) is 15.3. The van der Waals surface area contributed by atoms with Gasteiger partial charge < -0.3 is 29.6 Å². The number of hydrogen-bond donors (Lipinski definition) is 2. The van der Waals surface area contributed by atoms with Crippen LogP contribution in [0.15, 0.2) is 12.7 Å². The molecule has 1 aliphatic heterocycles. The Labute approximate surface area is 126 Å². The predicted molar refractivity (Wildman–Crippen MR) is 74.5 cm³/mol. The van der Waals surface area contributed by atoms with Crippen molar-refractivity contribution in [3.63, 3.8) is 0 Å². The molecule has 5 atom stereocenters. The molecule has 0 amide bonds. The van der Waals surface area contributed by atoms with Gasteiger partial charge in [0.15, 0.2) is 11.5 Å². The van der Waals surface area contributed by atoms with Crippen LogP contribution in [0.25, 0.3) is 11.2 Å². The molecule has 0 bridgehead atoms. The molecule has 3 heterocycles. The average Bonchev–Trinajstić information content (AvgIpc) is 3.19. The molecule has 118 valence electrons. The van der Waals surface area contributed by atoms with E-state index in [0.717, 1.165) is 0 Å². The first kappa shape index (κ1) is 13.8. The van der Waals surface area contributed by atoms with E-state index in [2.05, 4.69) is 15.0 Å². The summed E-state index contributed by atoms with van der Waals surface area (Å²) < 4.78 is 18.5. The Kier molecular flexibility index (Phi) is 3.22. The molecule has 3 N–H and O–H groups in total. The Balaban J connectivity index is 1.73. The van der Waals surface area contributed by atoms with Gasteiger partial charge in [0.05, 0.1) is 18.5 Å². The van der Waals surface area contributed by atoms with E-state index in [1.165, 1.54) is 13.4 Å². The van der Waals surface area contributed by atoms with E-state index in [0.29, 0.717) is 23.4 Å². The van der Waals surface area contributed by atoms with Gasteiger partial charge in [-0.05, 0) is 6.42 Å². The van der Waals surface area contributed by atoms with Gasteiger partial charge in [-0.25, -0.2) is 15.0 Å². The second-order valence-electron chi connectivity index (χ2n) is 5.55. The molecule has 0 aromatic carbocycles. The highest BCUT2D eigenvalue weighted by Crippen LogP contribution is 2.44. The van der Waals surface area contributed by atoms with Crippen molar-refractivity contribution < 1.29 is 19.3 Å². The minimum absolute atomic E-state index is 0.0215. The summed E-state index contributed by atoms with van der Waals surface area (Å²) in [5.74, 6) is 0.321. The van der Waals surface area contributed by atoms with Crippen LogP contribution in [0.3, 0.4) is 0 Å². The van der Waals surface area contributed by atoms with E-state index in [1.54, 1.807) is 6.33 Å². The van der Waals surface area contributed by atoms with E-state index >= 15 is 0 Å². The Hall–Kier alpha value is -1.81. The second-order valence-corrected chi connectivity index (χ2v) is 5.55. The maximum atomic E-state index is 9.60. The van der Waals surface area contributed by atoms with E-state index in [9.17, 15) is 5.11 Å².